The van der Waals surface area contributed by atoms with Crippen molar-refractivity contribution in [2.24, 2.45) is 5.92 Å². The van der Waals surface area contributed by atoms with Crippen molar-refractivity contribution in [3.63, 3.8) is 0 Å². The number of piperidine rings is 1. The predicted molar refractivity (Wildman–Crippen MR) is 131 cm³/mol. The topological polar surface area (TPSA) is 47.0 Å². The molecular formula is C27H27N5O. The molecule has 1 aliphatic rings. The van der Waals surface area contributed by atoms with Gasteiger partial charge in [0, 0.05) is 24.9 Å². The number of aromatic nitrogens is 3. The maximum absolute atomic E-state index is 7.28. The Morgan fingerprint density at radius 1 is 1.09 bits per heavy atom. The Morgan fingerprint density at radius 3 is 2.58 bits per heavy atom. The Hall–Kier alpha value is -3.69. The van der Waals surface area contributed by atoms with Crippen LogP contribution in [-0.4, -0.2) is 46.0 Å². The van der Waals surface area contributed by atoms with Crippen LogP contribution in [0.2, 0.25) is 0 Å². The summed E-state index contributed by atoms with van der Waals surface area (Å²) in [4.78, 5) is 15.6. The van der Waals surface area contributed by atoms with Crippen LogP contribution in [-0.2, 0) is 0 Å². The predicted octanol–water partition coefficient (Wildman–Crippen LogP) is 5.64. The Bertz CT molecular complexity index is 1300. The van der Waals surface area contributed by atoms with Gasteiger partial charge in [-0.1, -0.05) is 54.1 Å². The highest BCUT2D eigenvalue weighted by atomic mass is 16.5. The standard InChI is InChI=1S/C27H27N5O/c1-19-6-8-21(9-7-19)24-25(22-10-12-23(28-2)13-11-22)30-27(32-16-14-29-26(24)32)33-18-20-5-4-15-31(3)17-20/h6-14,16,20H,4-5,15,17-18H2,1,3H3/t20-/m1/s1. The lowest BCUT2D eigenvalue weighted by Gasteiger charge is -2.29. The van der Waals surface area contributed by atoms with Crippen molar-refractivity contribution >= 4 is 11.3 Å². The molecule has 0 spiro atoms. The van der Waals surface area contributed by atoms with Crippen molar-refractivity contribution in [1.29, 1.82) is 0 Å². The first kappa shape index (κ1) is 21.2. The molecular weight excluding hydrogens is 410 g/mol. The number of ether oxygens (including phenoxy) is 1. The highest BCUT2D eigenvalue weighted by Crippen LogP contribution is 2.36. The molecule has 1 saturated heterocycles. The van der Waals surface area contributed by atoms with E-state index in [0.717, 1.165) is 41.1 Å². The maximum atomic E-state index is 7.28. The molecule has 33 heavy (non-hydrogen) atoms. The molecule has 6 heteroatoms. The number of rotatable bonds is 5. The second-order valence-electron chi connectivity index (χ2n) is 8.85. The number of nitrogens with zero attached hydrogens (tertiary/aromatic N) is 5. The minimum Gasteiger partial charge on any atom is -0.464 e. The van der Waals surface area contributed by atoms with Crippen LogP contribution < -0.4 is 4.74 Å². The fourth-order valence-electron chi connectivity index (χ4n) is 4.55. The maximum Gasteiger partial charge on any atom is 0.302 e. The van der Waals surface area contributed by atoms with Gasteiger partial charge in [0.05, 0.1) is 24.4 Å². The monoisotopic (exact) mass is 437 g/mol. The van der Waals surface area contributed by atoms with Crippen molar-refractivity contribution in [2.45, 2.75) is 19.8 Å². The Morgan fingerprint density at radius 2 is 1.85 bits per heavy atom. The minimum absolute atomic E-state index is 0.488. The van der Waals surface area contributed by atoms with Crippen molar-refractivity contribution in [2.75, 3.05) is 26.7 Å². The van der Waals surface area contributed by atoms with E-state index in [4.69, 9.17) is 21.3 Å². The van der Waals surface area contributed by atoms with Crippen LogP contribution >= 0.6 is 0 Å². The van der Waals surface area contributed by atoms with Crippen LogP contribution in [0.15, 0.2) is 60.9 Å². The second kappa shape index (κ2) is 9.05. The molecule has 2 aromatic carbocycles. The molecule has 1 atom stereocenters. The van der Waals surface area contributed by atoms with E-state index in [1.54, 1.807) is 6.20 Å². The molecule has 0 radical (unpaired) electrons. The Balaban J connectivity index is 1.61. The van der Waals surface area contributed by atoms with Gasteiger partial charge in [-0.3, -0.25) is 4.40 Å². The van der Waals surface area contributed by atoms with Gasteiger partial charge in [-0.15, -0.1) is 0 Å². The summed E-state index contributed by atoms with van der Waals surface area (Å²) >= 11 is 0. The van der Waals surface area contributed by atoms with E-state index in [1.165, 1.54) is 18.4 Å². The van der Waals surface area contributed by atoms with Gasteiger partial charge in [-0.25, -0.2) is 9.83 Å². The van der Waals surface area contributed by atoms with Gasteiger partial charge in [0.1, 0.15) is 0 Å². The van der Waals surface area contributed by atoms with Crippen molar-refractivity contribution in [3.05, 3.63) is 77.9 Å². The van der Waals surface area contributed by atoms with E-state index in [1.807, 2.05) is 34.9 Å². The lowest BCUT2D eigenvalue weighted by atomic mass is 9.99. The van der Waals surface area contributed by atoms with Gasteiger partial charge >= 0.3 is 6.01 Å². The zero-order valence-electron chi connectivity index (χ0n) is 19.0. The average molecular weight is 438 g/mol. The first-order valence-electron chi connectivity index (χ1n) is 11.4. The molecule has 0 aliphatic carbocycles. The van der Waals surface area contributed by atoms with Gasteiger partial charge < -0.3 is 9.64 Å². The zero-order chi connectivity index (χ0) is 22.8. The van der Waals surface area contributed by atoms with Crippen LogP contribution in [0.3, 0.4) is 0 Å². The van der Waals surface area contributed by atoms with Gasteiger partial charge in [-0.05, 0) is 44.5 Å². The summed E-state index contributed by atoms with van der Waals surface area (Å²) in [5.74, 6) is 0.488. The third-order valence-corrected chi connectivity index (χ3v) is 6.29. The summed E-state index contributed by atoms with van der Waals surface area (Å²) in [5.41, 5.74) is 6.38. The Labute approximate surface area is 194 Å². The number of likely N-dealkylation sites (tertiary alicyclic amines) is 1. The summed E-state index contributed by atoms with van der Waals surface area (Å²) in [5, 5.41) is 0. The minimum atomic E-state index is 0.488. The number of benzene rings is 2. The quantitative estimate of drug-likeness (QED) is 0.379. The molecule has 4 aromatic rings. The number of hydrogen-bond acceptors (Lipinski definition) is 4. The number of fused-ring (bicyclic) bond motifs is 1. The summed E-state index contributed by atoms with van der Waals surface area (Å²) in [6, 6.07) is 16.5. The van der Waals surface area contributed by atoms with Crippen molar-refractivity contribution in [1.82, 2.24) is 19.3 Å². The zero-order valence-corrected chi connectivity index (χ0v) is 19.0. The smallest absolute Gasteiger partial charge is 0.302 e. The molecule has 3 heterocycles. The molecule has 0 saturated carbocycles. The molecule has 0 unspecified atom stereocenters. The number of hydrogen-bond donors (Lipinski definition) is 0. The molecule has 1 fully saturated rings. The molecule has 1 aliphatic heterocycles. The molecule has 166 valence electrons. The number of aryl methyl sites for hydroxylation is 1. The van der Waals surface area contributed by atoms with Crippen molar-refractivity contribution < 1.29 is 4.74 Å². The highest BCUT2D eigenvalue weighted by Gasteiger charge is 2.22. The fraction of sp³-hybridized carbons (Fsp3) is 0.296. The van der Waals surface area contributed by atoms with Crippen LogP contribution in [0.1, 0.15) is 18.4 Å². The Kier molecular flexibility index (Phi) is 5.80. The summed E-state index contributed by atoms with van der Waals surface area (Å²) in [7, 11) is 2.17. The normalized spacial score (nSPS) is 16.6. The average Bonchev–Trinajstić information content (AvgIpc) is 3.33. The van der Waals surface area contributed by atoms with Crippen LogP contribution in [0.4, 0.5) is 5.69 Å². The van der Waals surface area contributed by atoms with E-state index >= 15 is 0 Å². The van der Waals surface area contributed by atoms with Gasteiger partial charge in [0.2, 0.25) is 0 Å². The molecule has 6 nitrogen and oxygen atoms in total. The summed E-state index contributed by atoms with van der Waals surface area (Å²) in [6.45, 7) is 12.2. The van der Waals surface area contributed by atoms with Gasteiger partial charge in [-0.2, -0.15) is 4.98 Å². The molecule has 2 aromatic heterocycles. The van der Waals surface area contributed by atoms with Crippen LogP contribution in [0.5, 0.6) is 6.01 Å². The third-order valence-electron chi connectivity index (χ3n) is 6.29. The fourth-order valence-corrected chi connectivity index (χ4v) is 4.55. The SMILES string of the molecule is [C-]#[N+]c1ccc(-c2nc(OC[C@@H]3CCCN(C)C3)n3ccnc3c2-c2ccc(C)cc2)cc1. The molecule has 0 bridgehead atoms. The van der Waals surface area contributed by atoms with E-state index in [-0.39, 0.29) is 0 Å². The van der Waals surface area contributed by atoms with E-state index in [0.29, 0.717) is 24.2 Å². The lowest BCUT2D eigenvalue weighted by molar-refractivity contribution is 0.143. The van der Waals surface area contributed by atoms with Gasteiger partial charge in [0.15, 0.2) is 11.3 Å². The molecule has 0 amide bonds. The third kappa shape index (κ3) is 4.33. The van der Waals surface area contributed by atoms with E-state index in [9.17, 15) is 0 Å². The largest absolute Gasteiger partial charge is 0.464 e. The first-order chi connectivity index (χ1) is 16.1. The van der Waals surface area contributed by atoms with Crippen LogP contribution in [0, 0.1) is 19.4 Å². The number of imidazole rings is 1. The lowest BCUT2D eigenvalue weighted by Crippen LogP contribution is -2.35. The van der Waals surface area contributed by atoms with Gasteiger partial charge in [0.25, 0.3) is 0 Å². The van der Waals surface area contributed by atoms with Crippen molar-refractivity contribution in [3.8, 4) is 28.4 Å². The first-order valence-corrected chi connectivity index (χ1v) is 11.4. The van der Waals surface area contributed by atoms with E-state index in [2.05, 4.69) is 48.0 Å². The molecule has 0 N–H and O–H groups in total. The highest BCUT2D eigenvalue weighted by molar-refractivity contribution is 5.90. The second-order valence-corrected chi connectivity index (χ2v) is 8.85. The van der Waals surface area contributed by atoms with Crippen LogP contribution in [0.25, 0.3) is 32.9 Å². The summed E-state index contributed by atoms with van der Waals surface area (Å²) in [6.07, 6.45) is 6.07. The molecule has 5 rings (SSSR count). The summed E-state index contributed by atoms with van der Waals surface area (Å²) < 4.78 is 8.26. The van der Waals surface area contributed by atoms with E-state index < -0.39 is 0 Å².